The zero-order valence-electron chi connectivity index (χ0n) is 11.0. The summed E-state index contributed by atoms with van der Waals surface area (Å²) < 4.78 is 0. The van der Waals surface area contributed by atoms with Crippen LogP contribution in [0, 0.1) is 5.41 Å². The van der Waals surface area contributed by atoms with Gasteiger partial charge >= 0.3 is 5.97 Å². The molecule has 1 atom stereocenters. The van der Waals surface area contributed by atoms with Crippen LogP contribution in [0.25, 0.3) is 0 Å². The predicted molar refractivity (Wildman–Crippen MR) is 67.8 cm³/mol. The van der Waals surface area contributed by atoms with Gasteiger partial charge in [0.15, 0.2) is 0 Å². The summed E-state index contributed by atoms with van der Waals surface area (Å²) in [6, 6.07) is 0. The number of rotatable bonds is 5. The largest absolute Gasteiger partial charge is 0.481 e. The Morgan fingerprint density at radius 3 is 2.29 bits per heavy atom. The summed E-state index contributed by atoms with van der Waals surface area (Å²) in [6.07, 6.45) is 5.38. The molecule has 0 radical (unpaired) electrons. The summed E-state index contributed by atoms with van der Waals surface area (Å²) in [4.78, 5) is 10.9. The molecule has 0 aromatic carbocycles. The van der Waals surface area contributed by atoms with Crippen molar-refractivity contribution in [3.63, 3.8) is 0 Å². The molecule has 0 aromatic rings. The molecule has 1 fully saturated rings. The summed E-state index contributed by atoms with van der Waals surface area (Å²) in [6.45, 7) is 7.66. The minimum absolute atomic E-state index is 0.0463. The first kappa shape index (κ1) is 14.2. The fraction of sp³-hybridized carbons (Fsp3) is 0.786. The first-order valence-electron chi connectivity index (χ1n) is 6.38. The summed E-state index contributed by atoms with van der Waals surface area (Å²) in [5.74, 6) is -0.824. The molecule has 1 rings (SSSR count). The zero-order chi connectivity index (χ0) is 13.1. The lowest BCUT2D eigenvalue weighted by Gasteiger charge is -2.40. The molecule has 0 spiro atoms. The molecule has 3 nitrogen and oxygen atoms in total. The zero-order valence-corrected chi connectivity index (χ0v) is 11.0. The number of aliphatic carboxylic acids is 1. The second-order valence-electron chi connectivity index (χ2n) is 5.87. The van der Waals surface area contributed by atoms with Crippen LogP contribution < -0.4 is 0 Å². The Morgan fingerprint density at radius 2 is 1.88 bits per heavy atom. The highest BCUT2D eigenvalue weighted by atomic mass is 16.4. The maximum absolute atomic E-state index is 10.9. The van der Waals surface area contributed by atoms with Gasteiger partial charge in [0.25, 0.3) is 0 Å². The highest BCUT2D eigenvalue weighted by molar-refractivity contribution is 5.68. The van der Waals surface area contributed by atoms with E-state index in [9.17, 15) is 9.90 Å². The Kier molecular flexibility index (Phi) is 4.36. The van der Waals surface area contributed by atoms with Gasteiger partial charge in [-0.05, 0) is 26.2 Å². The van der Waals surface area contributed by atoms with Crippen LogP contribution in [-0.4, -0.2) is 21.8 Å². The predicted octanol–water partition coefficient (Wildman–Crippen LogP) is 3.13. The van der Waals surface area contributed by atoms with Crippen LogP contribution in [-0.2, 0) is 4.79 Å². The van der Waals surface area contributed by atoms with Gasteiger partial charge in [-0.1, -0.05) is 38.3 Å². The lowest BCUT2D eigenvalue weighted by Crippen LogP contribution is -2.39. The normalized spacial score (nSPS) is 22.8. The molecule has 17 heavy (non-hydrogen) atoms. The smallest absolute Gasteiger partial charge is 0.304 e. The van der Waals surface area contributed by atoms with E-state index >= 15 is 0 Å². The number of carbonyl (C=O) groups is 1. The third kappa shape index (κ3) is 3.84. The average molecular weight is 240 g/mol. The lowest BCUT2D eigenvalue weighted by molar-refractivity contribution is -0.140. The van der Waals surface area contributed by atoms with Crippen molar-refractivity contribution >= 4 is 5.97 Å². The molecular formula is C14H24O3. The van der Waals surface area contributed by atoms with E-state index in [0.29, 0.717) is 6.42 Å². The third-order valence-corrected chi connectivity index (χ3v) is 4.08. The van der Waals surface area contributed by atoms with Crippen molar-refractivity contribution in [3.8, 4) is 0 Å². The fourth-order valence-electron chi connectivity index (χ4n) is 2.81. The van der Waals surface area contributed by atoms with Gasteiger partial charge in [0.2, 0.25) is 0 Å². The first-order chi connectivity index (χ1) is 7.77. The SMILES string of the molecule is C=C(C)C(C)(CC(=O)O)CC1(O)CCCCC1. The molecule has 1 aliphatic rings. The average Bonchev–Trinajstić information content (AvgIpc) is 2.15. The Morgan fingerprint density at radius 1 is 1.35 bits per heavy atom. The highest BCUT2D eigenvalue weighted by Gasteiger charge is 2.39. The number of hydrogen-bond acceptors (Lipinski definition) is 2. The Hall–Kier alpha value is -0.830. The van der Waals surface area contributed by atoms with Gasteiger partial charge in [0.1, 0.15) is 0 Å². The lowest BCUT2D eigenvalue weighted by atomic mass is 9.68. The maximum Gasteiger partial charge on any atom is 0.304 e. The minimum Gasteiger partial charge on any atom is -0.481 e. The van der Waals surface area contributed by atoms with Crippen LogP contribution in [0.1, 0.15) is 58.8 Å². The van der Waals surface area contributed by atoms with Gasteiger partial charge in [-0.3, -0.25) is 4.79 Å². The van der Waals surface area contributed by atoms with E-state index in [1.807, 2.05) is 13.8 Å². The number of carboxylic acid groups (broad SMARTS) is 1. The molecule has 1 saturated carbocycles. The second-order valence-corrected chi connectivity index (χ2v) is 5.87. The molecule has 0 saturated heterocycles. The van der Waals surface area contributed by atoms with Crippen molar-refractivity contribution in [2.24, 2.45) is 5.41 Å². The molecule has 0 amide bonds. The van der Waals surface area contributed by atoms with Crippen LogP contribution in [0.4, 0.5) is 0 Å². The van der Waals surface area contributed by atoms with Gasteiger partial charge in [0, 0.05) is 5.41 Å². The van der Waals surface area contributed by atoms with Gasteiger partial charge in [-0.2, -0.15) is 0 Å². The van der Waals surface area contributed by atoms with Gasteiger partial charge in [-0.25, -0.2) is 0 Å². The van der Waals surface area contributed by atoms with Crippen molar-refractivity contribution in [1.29, 1.82) is 0 Å². The van der Waals surface area contributed by atoms with Crippen LogP contribution >= 0.6 is 0 Å². The van der Waals surface area contributed by atoms with Crippen molar-refractivity contribution in [2.75, 3.05) is 0 Å². The van der Waals surface area contributed by atoms with Gasteiger partial charge in [0.05, 0.1) is 12.0 Å². The summed E-state index contributed by atoms with van der Waals surface area (Å²) >= 11 is 0. The maximum atomic E-state index is 10.9. The summed E-state index contributed by atoms with van der Waals surface area (Å²) in [5.41, 5.74) is -0.349. The molecule has 0 aromatic heterocycles. The topological polar surface area (TPSA) is 57.5 Å². The van der Waals surface area contributed by atoms with Crippen molar-refractivity contribution in [1.82, 2.24) is 0 Å². The van der Waals surface area contributed by atoms with E-state index in [-0.39, 0.29) is 6.42 Å². The summed E-state index contributed by atoms with van der Waals surface area (Å²) in [5, 5.41) is 19.5. The number of carboxylic acids is 1. The number of aliphatic hydroxyl groups is 1. The highest BCUT2D eigenvalue weighted by Crippen LogP contribution is 2.43. The monoisotopic (exact) mass is 240 g/mol. The van der Waals surface area contributed by atoms with E-state index in [1.165, 1.54) is 6.42 Å². The minimum atomic E-state index is -0.824. The van der Waals surface area contributed by atoms with Crippen molar-refractivity contribution < 1.29 is 15.0 Å². The van der Waals surface area contributed by atoms with Gasteiger partial charge < -0.3 is 10.2 Å². The molecule has 3 heteroatoms. The second kappa shape index (κ2) is 5.21. The number of allylic oxidation sites excluding steroid dienone is 1. The Labute approximate surface area is 104 Å². The van der Waals surface area contributed by atoms with Gasteiger partial charge in [-0.15, -0.1) is 0 Å². The van der Waals surface area contributed by atoms with Crippen LogP contribution in [0.2, 0.25) is 0 Å². The Balaban J connectivity index is 2.78. The van der Waals surface area contributed by atoms with Crippen LogP contribution in [0.15, 0.2) is 12.2 Å². The van der Waals surface area contributed by atoms with E-state index in [1.54, 1.807) is 0 Å². The van der Waals surface area contributed by atoms with Crippen LogP contribution in [0.3, 0.4) is 0 Å². The van der Waals surface area contributed by atoms with E-state index in [4.69, 9.17) is 5.11 Å². The number of hydrogen-bond donors (Lipinski definition) is 2. The summed E-state index contributed by atoms with van der Waals surface area (Å²) in [7, 11) is 0. The molecule has 0 aliphatic heterocycles. The van der Waals surface area contributed by atoms with E-state index in [2.05, 4.69) is 6.58 Å². The molecule has 0 bridgehead atoms. The van der Waals surface area contributed by atoms with E-state index in [0.717, 1.165) is 31.3 Å². The van der Waals surface area contributed by atoms with Crippen molar-refractivity contribution in [2.45, 2.75) is 64.4 Å². The molecular weight excluding hydrogens is 216 g/mol. The Bertz CT molecular complexity index is 303. The third-order valence-electron chi connectivity index (χ3n) is 4.08. The fourth-order valence-corrected chi connectivity index (χ4v) is 2.81. The standard InChI is InChI=1S/C14H24O3/c1-11(2)13(3,9-12(15)16)10-14(17)7-5-4-6-8-14/h17H,1,4-10H2,2-3H3,(H,15,16). The van der Waals surface area contributed by atoms with E-state index < -0.39 is 17.0 Å². The molecule has 1 aliphatic carbocycles. The molecule has 2 N–H and O–H groups in total. The molecule has 98 valence electrons. The first-order valence-corrected chi connectivity index (χ1v) is 6.38. The quantitative estimate of drug-likeness (QED) is 0.726. The van der Waals surface area contributed by atoms with Crippen LogP contribution in [0.5, 0.6) is 0 Å². The molecule has 1 unspecified atom stereocenters. The molecule has 0 heterocycles. The van der Waals surface area contributed by atoms with Crippen molar-refractivity contribution in [3.05, 3.63) is 12.2 Å².